The fraction of sp³-hybridized carbons (Fsp3) is 0.250. The molecule has 0 spiro atoms. The number of hydrogen-bond donors (Lipinski definition) is 1. The monoisotopic (exact) mass is 512 g/mol. The topological polar surface area (TPSA) is 122 Å². The fourth-order valence-electron chi connectivity index (χ4n) is 2.73. The van der Waals surface area contributed by atoms with Crippen molar-refractivity contribution in [2.75, 3.05) is 20.6 Å². The minimum atomic E-state index is -0.850. The second-order valence-electron chi connectivity index (χ2n) is 6.02. The predicted octanol–water partition coefficient (Wildman–Crippen LogP) is -0.563. The molecule has 1 aromatic carbocycles. The van der Waals surface area contributed by atoms with Crippen molar-refractivity contribution < 1.29 is 19.5 Å². The molecular weight excluding hydrogens is 500 g/mol. The molecule has 0 saturated carbocycles. The van der Waals surface area contributed by atoms with Crippen LogP contribution in [0.1, 0.15) is 5.56 Å². The van der Waals surface area contributed by atoms with E-state index >= 15 is 0 Å². The summed E-state index contributed by atoms with van der Waals surface area (Å²) in [5.41, 5.74) is 2.59. The standard InChI is InChI=1S/C16H14Br2N6O4/c1-22-14-12(15(27)23(2)16(22)28)24(7-19-14)6-11(25)21-20-5-8-3-9(17)4-10(18)13(8)26/h3-5,7,12H,6H2,1-2H3,(H-,20,21,25,26). The average molecular weight is 514 g/mol. The number of imide groups is 1. The number of carbonyl (C=O) groups is 3. The smallest absolute Gasteiger partial charge is 0.389 e. The Hall–Kier alpha value is -2.69. The lowest BCUT2D eigenvalue weighted by Crippen LogP contribution is -2.63. The van der Waals surface area contributed by atoms with Gasteiger partial charge in [-0.05, 0) is 17.7 Å². The van der Waals surface area contributed by atoms with Gasteiger partial charge in [0.1, 0.15) is 6.54 Å². The van der Waals surface area contributed by atoms with Gasteiger partial charge in [0.15, 0.2) is 0 Å². The molecular formula is C16H14Br2N6O4. The third-order valence-electron chi connectivity index (χ3n) is 4.15. The van der Waals surface area contributed by atoms with Gasteiger partial charge in [0.05, 0.1) is 13.3 Å². The number of hydrazone groups is 1. The van der Waals surface area contributed by atoms with Gasteiger partial charge in [-0.3, -0.25) is 19.4 Å². The number of urea groups is 1. The summed E-state index contributed by atoms with van der Waals surface area (Å²) in [6.45, 7) is -0.205. The minimum Gasteiger partial charge on any atom is -0.871 e. The highest BCUT2D eigenvalue weighted by atomic mass is 79.9. The lowest BCUT2D eigenvalue weighted by atomic mass is 10.1. The number of halogens is 2. The third-order valence-corrected chi connectivity index (χ3v) is 5.20. The number of hydrogen-bond acceptors (Lipinski definition) is 6. The van der Waals surface area contributed by atoms with E-state index in [1.54, 1.807) is 12.1 Å². The molecule has 1 saturated heterocycles. The Morgan fingerprint density at radius 3 is 2.75 bits per heavy atom. The van der Waals surface area contributed by atoms with Crippen LogP contribution in [0.25, 0.3) is 0 Å². The molecule has 2 aliphatic heterocycles. The Labute approximate surface area is 176 Å². The van der Waals surface area contributed by atoms with E-state index < -0.39 is 23.9 Å². The van der Waals surface area contributed by atoms with Gasteiger partial charge in [-0.1, -0.05) is 37.6 Å². The van der Waals surface area contributed by atoms with Crippen LogP contribution in [0, 0.1) is 0 Å². The van der Waals surface area contributed by atoms with Crippen molar-refractivity contribution >= 4 is 68.1 Å². The molecule has 0 aromatic heterocycles. The van der Waals surface area contributed by atoms with Gasteiger partial charge in [-0.2, -0.15) is 10.0 Å². The zero-order chi connectivity index (χ0) is 20.6. The Morgan fingerprint density at radius 2 is 2.04 bits per heavy atom. The van der Waals surface area contributed by atoms with Crippen molar-refractivity contribution in [1.82, 2.24) is 24.8 Å². The minimum absolute atomic E-state index is 0.205. The van der Waals surface area contributed by atoms with E-state index in [1.807, 2.05) is 0 Å². The normalized spacial score (nSPS) is 18.8. The zero-order valence-electron chi connectivity index (χ0n) is 14.7. The van der Waals surface area contributed by atoms with Crippen LogP contribution in [0.3, 0.4) is 0 Å². The molecule has 0 aliphatic carbocycles. The number of carbonyl (C=O) groups excluding carboxylic acids is 3. The number of likely N-dealkylation sites (N-methyl/N-ethyl adjacent to an activating group) is 2. The quantitative estimate of drug-likeness (QED) is 0.328. The zero-order valence-corrected chi connectivity index (χ0v) is 17.9. The second-order valence-corrected chi connectivity index (χ2v) is 7.79. The molecule has 0 radical (unpaired) electrons. The highest BCUT2D eigenvalue weighted by Crippen LogP contribution is 2.28. The maximum Gasteiger partial charge on any atom is 0.389 e. The fourth-order valence-corrected chi connectivity index (χ4v) is 3.98. The van der Waals surface area contributed by atoms with Crippen LogP contribution in [0.5, 0.6) is 5.75 Å². The number of nitrogens with one attached hydrogen (secondary N) is 1. The number of benzene rings is 1. The Morgan fingerprint density at radius 1 is 1.32 bits per heavy atom. The molecule has 1 fully saturated rings. The molecule has 10 nitrogen and oxygen atoms in total. The lowest BCUT2D eigenvalue weighted by molar-refractivity contribution is -0.269. The summed E-state index contributed by atoms with van der Waals surface area (Å²) >= 11 is 6.42. The van der Waals surface area contributed by atoms with Crippen LogP contribution in [-0.2, 0) is 9.59 Å². The van der Waals surface area contributed by atoms with Gasteiger partial charge in [0.2, 0.25) is 0 Å². The summed E-state index contributed by atoms with van der Waals surface area (Å²) in [6.07, 6.45) is 2.57. The lowest BCUT2D eigenvalue weighted by Gasteiger charge is -2.29. The molecule has 1 N–H and O–H groups in total. The van der Waals surface area contributed by atoms with Crippen molar-refractivity contribution in [1.29, 1.82) is 0 Å². The summed E-state index contributed by atoms with van der Waals surface area (Å²) in [5, 5.41) is 15.8. The number of nitrogens with zero attached hydrogens (tertiary/aromatic N) is 5. The maximum atomic E-state index is 12.4. The van der Waals surface area contributed by atoms with Gasteiger partial charge >= 0.3 is 11.9 Å². The van der Waals surface area contributed by atoms with E-state index in [-0.39, 0.29) is 23.7 Å². The second kappa shape index (κ2) is 7.74. The van der Waals surface area contributed by atoms with Gasteiger partial charge in [0.25, 0.3) is 24.2 Å². The van der Waals surface area contributed by atoms with Crippen LogP contribution >= 0.6 is 31.9 Å². The van der Waals surface area contributed by atoms with Crippen LogP contribution in [0.15, 0.2) is 26.2 Å². The molecule has 12 heteroatoms. The molecule has 146 valence electrons. The summed E-state index contributed by atoms with van der Waals surface area (Å²) in [5.74, 6) is -0.989. The Bertz CT molecular complexity index is 972. The SMILES string of the molecule is CN1C(=O)C2C(=[N+]=CN2CC(=O)N/N=C/c2cc(Br)cc(Br)c2[O-])N(C)C1=O. The first kappa shape index (κ1) is 20.1. The van der Waals surface area contributed by atoms with Crippen molar-refractivity contribution in [3.05, 3.63) is 26.6 Å². The molecule has 2 heterocycles. The summed E-state index contributed by atoms with van der Waals surface area (Å²) in [4.78, 5) is 40.2. The molecule has 2 aliphatic rings. The van der Waals surface area contributed by atoms with E-state index in [0.29, 0.717) is 8.95 Å². The summed E-state index contributed by atoms with van der Waals surface area (Å²) < 4.78 is 5.12. The van der Waals surface area contributed by atoms with Crippen LogP contribution < -0.4 is 15.2 Å². The maximum absolute atomic E-state index is 12.4. The van der Waals surface area contributed by atoms with Crippen LogP contribution in [0.2, 0.25) is 0 Å². The largest absolute Gasteiger partial charge is 0.871 e. The molecule has 3 rings (SSSR count). The van der Waals surface area contributed by atoms with Gasteiger partial charge in [-0.25, -0.2) is 14.9 Å². The van der Waals surface area contributed by atoms with E-state index in [9.17, 15) is 19.5 Å². The molecule has 1 unspecified atom stereocenters. The highest BCUT2D eigenvalue weighted by Gasteiger charge is 2.53. The molecule has 1 atom stereocenters. The first-order chi connectivity index (χ1) is 13.2. The molecule has 4 amide bonds. The summed E-state index contributed by atoms with van der Waals surface area (Å²) in [6, 6.07) is 1.84. The first-order valence-electron chi connectivity index (χ1n) is 7.90. The Kier molecular flexibility index (Phi) is 5.54. The third kappa shape index (κ3) is 3.66. The van der Waals surface area contributed by atoms with Gasteiger partial charge in [-0.15, -0.1) is 0 Å². The first-order valence-corrected chi connectivity index (χ1v) is 9.49. The molecule has 0 bridgehead atoms. The predicted molar refractivity (Wildman–Crippen MR) is 107 cm³/mol. The van der Waals surface area contributed by atoms with E-state index in [1.165, 1.54) is 36.4 Å². The van der Waals surface area contributed by atoms with E-state index in [0.717, 1.165) is 4.90 Å². The van der Waals surface area contributed by atoms with Gasteiger partial charge < -0.3 is 5.11 Å². The average Bonchev–Trinajstić information content (AvgIpc) is 3.05. The molecule has 28 heavy (non-hydrogen) atoms. The summed E-state index contributed by atoms with van der Waals surface area (Å²) in [7, 11) is 2.88. The number of fused-ring (bicyclic) bond motifs is 1. The van der Waals surface area contributed by atoms with Crippen LogP contribution in [0.4, 0.5) is 4.79 Å². The van der Waals surface area contributed by atoms with Crippen molar-refractivity contribution in [3.63, 3.8) is 0 Å². The number of amidine groups is 1. The van der Waals surface area contributed by atoms with Gasteiger partial charge in [0, 0.05) is 16.0 Å². The van der Waals surface area contributed by atoms with Crippen molar-refractivity contribution in [2.24, 2.45) is 5.10 Å². The van der Waals surface area contributed by atoms with E-state index in [2.05, 4.69) is 47.1 Å². The molecule has 1 aromatic rings. The highest BCUT2D eigenvalue weighted by molar-refractivity contribution is 9.11. The van der Waals surface area contributed by atoms with E-state index in [4.69, 9.17) is 0 Å². The van der Waals surface area contributed by atoms with Crippen molar-refractivity contribution in [3.8, 4) is 5.75 Å². The number of rotatable bonds is 4. The number of amides is 4. The van der Waals surface area contributed by atoms with Crippen LogP contribution in [-0.4, -0.2) is 77.6 Å². The van der Waals surface area contributed by atoms with Crippen molar-refractivity contribution in [2.45, 2.75) is 6.04 Å². The Balaban J connectivity index is 1.64.